The molecule has 2 aliphatic heterocycles. The topological polar surface area (TPSA) is 6.02 Å². The summed E-state index contributed by atoms with van der Waals surface area (Å²) < 4.78 is 4.76. The van der Waals surface area contributed by atoms with Crippen molar-refractivity contribution in [2.45, 2.75) is 38.5 Å². The molecule has 4 aromatic carbocycles. The molecule has 0 N–H and O–H groups in total. The van der Waals surface area contributed by atoms with Crippen LogP contribution in [0.15, 0.2) is 84.9 Å². The van der Waals surface area contributed by atoms with Crippen LogP contribution < -0.4 is 48.0 Å². The smallest absolute Gasteiger partial charge is 0.210 e. The molecule has 0 saturated carbocycles. The number of fused-ring (bicyclic) bond motifs is 6. The lowest BCUT2D eigenvalue weighted by molar-refractivity contribution is -0.402. The molecular weight excluding hydrogens is 666 g/mol. The van der Waals surface area contributed by atoms with Crippen molar-refractivity contribution in [2.24, 2.45) is 0 Å². The van der Waals surface area contributed by atoms with E-state index in [-0.39, 0.29) is 58.8 Å². The average molecular weight is 698 g/mol. The van der Waals surface area contributed by atoms with Gasteiger partial charge < -0.3 is 48.0 Å². The summed E-state index contributed by atoms with van der Waals surface area (Å²) in [5.41, 5.74) is 7.96. The first kappa shape index (κ1) is 27.0. The Hall–Kier alpha value is -2.06. The van der Waals surface area contributed by atoms with Gasteiger partial charge in [0.1, 0.15) is 14.1 Å². The molecule has 0 fully saturated rings. The predicted octanol–water partition coefficient (Wildman–Crippen LogP) is 1.27. The second kappa shape index (κ2) is 9.35. The summed E-state index contributed by atoms with van der Waals surface area (Å²) in [6.45, 7) is 9.44. The van der Waals surface area contributed by atoms with E-state index in [1.165, 1.54) is 55.5 Å². The summed E-state index contributed by atoms with van der Waals surface area (Å²) in [5, 5.41) is 5.32. The maximum atomic E-state index is 2.38. The number of halogens is 2. The first-order valence-electron chi connectivity index (χ1n) is 12.2. The largest absolute Gasteiger partial charge is 1.00 e. The Morgan fingerprint density at radius 1 is 0.528 bits per heavy atom. The van der Waals surface area contributed by atoms with Gasteiger partial charge in [-0.25, -0.2) is 0 Å². The third kappa shape index (κ3) is 3.70. The summed E-state index contributed by atoms with van der Waals surface area (Å²) in [6, 6.07) is 26.6. The van der Waals surface area contributed by atoms with Gasteiger partial charge in [0.05, 0.1) is 10.8 Å². The molecule has 36 heavy (non-hydrogen) atoms. The van der Waals surface area contributed by atoms with Gasteiger partial charge in [0, 0.05) is 35.4 Å². The van der Waals surface area contributed by atoms with Crippen LogP contribution in [-0.2, 0) is 10.8 Å². The molecule has 0 bridgehead atoms. The van der Waals surface area contributed by atoms with Crippen LogP contribution in [0.25, 0.3) is 21.5 Å². The van der Waals surface area contributed by atoms with Crippen molar-refractivity contribution in [3.05, 3.63) is 96.1 Å². The Morgan fingerprint density at radius 2 is 0.889 bits per heavy atom. The zero-order chi connectivity index (χ0) is 23.8. The minimum Gasteiger partial charge on any atom is -1.00 e. The maximum Gasteiger partial charge on any atom is 0.210 e. The van der Waals surface area contributed by atoms with Gasteiger partial charge >= 0.3 is 0 Å². The highest BCUT2D eigenvalue weighted by atomic mass is 127. The van der Waals surface area contributed by atoms with Gasteiger partial charge in [-0.1, -0.05) is 48.5 Å². The minimum absolute atomic E-state index is 0. The molecule has 0 amide bonds. The lowest BCUT2D eigenvalue weighted by atomic mass is 9.77. The first-order chi connectivity index (χ1) is 16.2. The van der Waals surface area contributed by atoms with Gasteiger partial charge in [-0.15, -0.1) is 0 Å². The SMILES string of the molecule is C[N+]1=C(C=CC2=[N+](C)c3ccc4ccccc4c3C2(C)C)C(C)(C)c2c1ccc1ccccc21.[I-].[I-]. The van der Waals surface area contributed by atoms with Crippen LogP contribution in [0.5, 0.6) is 0 Å². The average Bonchev–Trinajstić information content (AvgIpc) is 3.15. The van der Waals surface area contributed by atoms with Crippen LogP contribution in [-0.4, -0.2) is 34.7 Å². The highest BCUT2D eigenvalue weighted by molar-refractivity contribution is 6.13. The van der Waals surface area contributed by atoms with E-state index >= 15 is 0 Å². The van der Waals surface area contributed by atoms with E-state index in [0.29, 0.717) is 0 Å². The quantitative estimate of drug-likeness (QED) is 0.220. The Kier molecular flexibility index (Phi) is 7.01. The van der Waals surface area contributed by atoms with Crippen molar-refractivity contribution in [3.63, 3.8) is 0 Å². The zero-order valence-electron chi connectivity index (χ0n) is 21.7. The third-order valence-corrected chi connectivity index (χ3v) is 8.19. The van der Waals surface area contributed by atoms with Crippen molar-refractivity contribution in [1.29, 1.82) is 0 Å². The third-order valence-electron chi connectivity index (χ3n) is 8.19. The van der Waals surface area contributed by atoms with Crippen LogP contribution in [0.2, 0.25) is 0 Å². The molecule has 4 heteroatoms. The number of benzene rings is 4. The molecule has 0 aromatic heterocycles. The van der Waals surface area contributed by atoms with E-state index in [2.05, 4.69) is 136 Å². The normalized spacial score (nSPS) is 17.4. The van der Waals surface area contributed by atoms with E-state index < -0.39 is 0 Å². The Balaban J connectivity index is 0.00000152. The molecule has 2 nitrogen and oxygen atoms in total. The summed E-state index contributed by atoms with van der Waals surface area (Å²) in [6.07, 6.45) is 4.72. The van der Waals surface area contributed by atoms with Crippen molar-refractivity contribution >= 4 is 44.3 Å². The fourth-order valence-electron chi connectivity index (χ4n) is 6.55. The molecule has 0 spiro atoms. The first-order valence-corrected chi connectivity index (χ1v) is 12.2. The van der Waals surface area contributed by atoms with Crippen molar-refractivity contribution in [1.82, 2.24) is 0 Å². The van der Waals surface area contributed by atoms with Crippen LogP contribution in [0, 0.1) is 0 Å². The highest BCUT2D eigenvalue weighted by Crippen LogP contribution is 2.45. The molecule has 6 rings (SSSR count). The van der Waals surface area contributed by atoms with E-state index in [4.69, 9.17) is 0 Å². The number of allylic oxidation sites excluding steroid dienone is 2. The summed E-state index contributed by atoms with van der Waals surface area (Å²) in [5.74, 6) is 0. The van der Waals surface area contributed by atoms with Crippen molar-refractivity contribution in [2.75, 3.05) is 14.1 Å². The van der Waals surface area contributed by atoms with E-state index in [1.54, 1.807) is 0 Å². The summed E-state index contributed by atoms with van der Waals surface area (Å²) in [4.78, 5) is 0. The number of nitrogens with zero attached hydrogens (tertiary/aromatic N) is 2. The van der Waals surface area contributed by atoms with E-state index in [1.807, 2.05) is 0 Å². The van der Waals surface area contributed by atoms with Gasteiger partial charge in [0.25, 0.3) is 0 Å². The van der Waals surface area contributed by atoms with Gasteiger partial charge in [0.15, 0.2) is 11.4 Å². The van der Waals surface area contributed by atoms with Crippen molar-refractivity contribution < 1.29 is 57.1 Å². The van der Waals surface area contributed by atoms with Gasteiger partial charge in [-0.05, 0) is 61.4 Å². The standard InChI is InChI=1S/C32H32N2.2HI/c1-31(2)27(33(5)25-17-15-21-11-7-9-13-23(21)29(25)31)19-20-28-32(3,4)30-24-14-10-8-12-22(24)16-18-26(30)34(28)6;;/h7-20H,1-6H3;2*1H/q+2;;/p-2. The molecule has 2 heterocycles. The molecule has 2 aliphatic rings. The fourth-order valence-corrected chi connectivity index (χ4v) is 6.55. The summed E-state index contributed by atoms with van der Waals surface area (Å²) in [7, 11) is 4.41. The number of hydrogen-bond acceptors (Lipinski definition) is 0. The van der Waals surface area contributed by atoms with Crippen LogP contribution in [0.3, 0.4) is 0 Å². The highest BCUT2D eigenvalue weighted by Gasteiger charge is 2.47. The monoisotopic (exact) mass is 698 g/mol. The molecule has 184 valence electrons. The lowest BCUT2D eigenvalue weighted by Crippen LogP contribution is -3.00. The number of rotatable bonds is 2. The molecule has 4 aromatic rings. The maximum absolute atomic E-state index is 2.38. The van der Waals surface area contributed by atoms with E-state index in [9.17, 15) is 0 Å². The second-order valence-electron chi connectivity index (χ2n) is 10.8. The molecule has 0 saturated heterocycles. The molecule has 0 unspecified atom stereocenters. The number of hydrogen-bond donors (Lipinski definition) is 0. The van der Waals surface area contributed by atoms with E-state index in [0.717, 1.165) is 0 Å². The molecule has 0 aliphatic carbocycles. The molecule has 0 atom stereocenters. The van der Waals surface area contributed by atoms with Gasteiger partial charge in [-0.3, -0.25) is 0 Å². The molecule has 0 radical (unpaired) electrons. The Bertz CT molecular complexity index is 1500. The summed E-state index contributed by atoms with van der Waals surface area (Å²) >= 11 is 0. The van der Waals surface area contributed by atoms with Crippen LogP contribution in [0.1, 0.15) is 38.8 Å². The van der Waals surface area contributed by atoms with Crippen LogP contribution >= 0.6 is 0 Å². The Labute approximate surface area is 248 Å². The van der Waals surface area contributed by atoms with Gasteiger partial charge in [0.2, 0.25) is 11.4 Å². The van der Waals surface area contributed by atoms with Crippen LogP contribution in [0.4, 0.5) is 11.4 Å². The van der Waals surface area contributed by atoms with Crippen molar-refractivity contribution in [3.8, 4) is 0 Å². The second-order valence-corrected chi connectivity index (χ2v) is 10.8. The minimum atomic E-state index is -0.0805. The zero-order valence-corrected chi connectivity index (χ0v) is 26.0. The fraction of sp³-hybridized carbons (Fsp3) is 0.250. The van der Waals surface area contributed by atoms with Gasteiger partial charge in [-0.2, -0.15) is 9.15 Å². The Morgan fingerprint density at radius 3 is 1.28 bits per heavy atom. The molecular formula is C32H32I2N2. The predicted molar refractivity (Wildman–Crippen MR) is 145 cm³/mol. The lowest BCUT2D eigenvalue weighted by Gasteiger charge is -2.19.